The monoisotopic (exact) mass is 360 g/mol. The Kier molecular flexibility index (Phi) is 6.92. The zero-order valence-corrected chi connectivity index (χ0v) is 13.6. The first-order valence-electron chi connectivity index (χ1n) is 6.86. The highest BCUT2D eigenvalue weighted by atomic mass is 35.5. The number of rotatable bonds is 3. The molecule has 2 nitrogen and oxygen atoms in total. The highest BCUT2D eigenvalue weighted by molar-refractivity contribution is 6.30. The van der Waals surface area contributed by atoms with E-state index in [4.69, 9.17) is 11.6 Å². The molecule has 2 rings (SSSR count). The van der Waals surface area contributed by atoms with E-state index in [9.17, 15) is 17.6 Å². The first-order chi connectivity index (χ1) is 9.86. The van der Waals surface area contributed by atoms with Gasteiger partial charge in [0.25, 0.3) is 0 Å². The largest absolute Gasteiger partial charge is 0.416 e. The van der Waals surface area contributed by atoms with E-state index >= 15 is 0 Å². The van der Waals surface area contributed by atoms with Gasteiger partial charge in [-0.1, -0.05) is 18.5 Å². The molecule has 0 unspecified atom stereocenters. The van der Waals surface area contributed by atoms with Gasteiger partial charge in [-0.25, -0.2) is 4.39 Å². The maximum absolute atomic E-state index is 14.3. The molecule has 0 aromatic heterocycles. The van der Waals surface area contributed by atoms with E-state index in [0.717, 1.165) is 12.1 Å². The molecule has 22 heavy (non-hydrogen) atoms. The van der Waals surface area contributed by atoms with Gasteiger partial charge in [-0.05, 0) is 18.6 Å². The van der Waals surface area contributed by atoms with Gasteiger partial charge in [-0.15, -0.1) is 12.4 Å². The Bertz CT molecular complexity index is 502. The molecule has 1 aromatic carbocycles. The lowest BCUT2D eigenvalue weighted by Gasteiger charge is -2.36. The molecule has 1 aliphatic heterocycles. The molecule has 0 spiro atoms. The Labute approximate surface area is 138 Å². The highest BCUT2D eigenvalue weighted by Crippen LogP contribution is 2.40. The number of piperazine rings is 1. The Morgan fingerprint density at radius 3 is 2.36 bits per heavy atom. The molecular weight excluding hydrogens is 343 g/mol. The summed E-state index contributed by atoms with van der Waals surface area (Å²) in [5, 5.41) is 2.86. The first kappa shape index (κ1) is 19.5. The Morgan fingerprint density at radius 2 is 1.86 bits per heavy atom. The van der Waals surface area contributed by atoms with E-state index in [1.165, 1.54) is 0 Å². The minimum atomic E-state index is -4.60. The van der Waals surface area contributed by atoms with Gasteiger partial charge in [0, 0.05) is 37.8 Å². The predicted octanol–water partition coefficient (Wildman–Crippen LogP) is 4.28. The lowest BCUT2D eigenvalue weighted by Crippen LogP contribution is -2.45. The number of nitrogens with one attached hydrogen (secondary N) is 1. The number of nitrogens with zero attached hydrogens (tertiary/aromatic N) is 1. The van der Waals surface area contributed by atoms with Crippen molar-refractivity contribution in [3.8, 4) is 0 Å². The van der Waals surface area contributed by atoms with Gasteiger partial charge in [0.1, 0.15) is 5.82 Å². The third-order valence-corrected chi connectivity index (χ3v) is 4.04. The average molecular weight is 361 g/mol. The van der Waals surface area contributed by atoms with Gasteiger partial charge in [-0.2, -0.15) is 13.2 Å². The topological polar surface area (TPSA) is 15.3 Å². The Morgan fingerprint density at radius 1 is 1.27 bits per heavy atom. The van der Waals surface area contributed by atoms with Crippen LogP contribution in [0, 0.1) is 5.82 Å². The molecular formula is C14H18Cl2F4N2. The van der Waals surface area contributed by atoms with Crippen molar-refractivity contribution in [2.75, 3.05) is 26.2 Å². The van der Waals surface area contributed by atoms with Crippen molar-refractivity contribution in [2.45, 2.75) is 25.6 Å². The normalized spacial score (nSPS) is 17.9. The van der Waals surface area contributed by atoms with Crippen molar-refractivity contribution in [3.63, 3.8) is 0 Å². The van der Waals surface area contributed by atoms with Crippen molar-refractivity contribution in [2.24, 2.45) is 0 Å². The van der Waals surface area contributed by atoms with Crippen LogP contribution in [0.5, 0.6) is 0 Å². The van der Waals surface area contributed by atoms with Gasteiger partial charge in [0.2, 0.25) is 0 Å². The predicted molar refractivity (Wildman–Crippen MR) is 81.1 cm³/mol. The van der Waals surface area contributed by atoms with Crippen LogP contribution in [0.4, 0.5) is 17.6 Å². The summed E-state index contributed by atoms with van der Waals surface area (Å²) in [6.07, 6.45) is -4.21. The fourth-order valence-electron chi connectivity index (χ4n) is 2.78. The van der Waals surface area contributed by atoms with Crippen LogP contribution in [0.15, 0.2) is 12.1 Å². The third kappa shape index (κ3) is 4.04. The zero-order chi connectivity index (χ0) is 15.6. The molecule has 8 heteroatoms. The molecule has 0 saturated carbocycles. The molecule has 0 bridgehead atoms. The summed E-state index contributed by atoms with van der Waals surface area (Å²) in [5.74, 6) is -0.961. The molecule has 0 aliphatic carbocycles. The summed E-state index contributed by atoms with van der Waals surface area (Å²) in [5.41, 5.74) is -1.27. The molecule has 126 valence electrons. The minimum Gasteiger partial charge on any atom is -0.314 e. The minimum absolute atomic E-state index is 0. The van der Waals surface area contributed by atoms with Crippen LogP contribution in [0.2, 0.25) is 5.02 Å². The lowest BCUT2D eigenvalue weighted by molar-refractivity contribution is -0.139. The first-order valence-corrected chi connectivity index (χ1v) is 7.24. The number of hydrogen-bond acceptors (Lipinski definition) is 2. The zero-order valence-electron chi connectivity index (χ0n) is 12.0. The second-order valence-corrected chi connectivity index (χ2v) is 5.44. The van der Waals surface area contributed by atoms with E-state index in [-0.39, 0.29) is 23.0 Å². The lowest BCUT2D eigenvalue weighted by atomic mass is 9.95. The third-order valence-electron chi connectivity index (χ3n) is 3.75. The number of hydrogen-bond donors (Lipinski definition) is 1. The average Bonchev–Trinajstić information content (AvgIpc) is 2.44. The standard InChI is InChI=1S/C14H17ClF4N2.ClH/c1-2-11(21-7-5-20-6-8-21)12-9(14(17,18)19)3-4-10(15)13(12)16;/h3-4,11,20H,2,5-8H2,1H3;1H/t11-;/m0./s1. The Hall–Kier alpha value is -0.560. The molecule has 1 saturated heterocycles. The van der Waals surface area contributed by atoms with Crippen LogP contribution in [-0.2, 0) is 6.18 Å². The van der Waals surface area contributed by atoms with Crippen molar-refractivity contribution < 1.29 is 17.6 Å². The quantitative estimate of drug-likeness (QED) is 0.809. The van der Waals surface area contributed by atoms with E-state index in [2.05, 4.69) is 5.32 Å². The SMILES string of the molecule is CC[C@@H](c1c(C(F)(F)F)ccc(Cl)c1F)N1CCNCC1.Cl. The van der Waals surface area contributed by atoms with Gasteiger partial charge in [0.05, 0.1) is 10.6 Å². The smallest absolute Gasteiger partial charge is 0.314 e. The van der Waals surface area contributed by atoms with Crippen molar-refractivity contribution >= 4 is 24.0 Å². The Balaban J connectivity index is 0.00000242. The van der Waals surface area contributed by atoms with Crippen LogP contribution in [0.25, 0.3) is 0 Å². The molecule has 1 fully saturated rings. The summed E-state index contributed by atoms with van der Waals surface area (Å²) in [7, 11) is 0. The fourth-order valence-corrected chi connectivity index (χ4v) is 2.94. The van der Waals surface area contributed by atoms with Gasteiger partial charge in [-0.3, -0.25) is 4.90 Å². The van der Waals surface area contributed by atoms with Crippen LogP contribution < -0.4 is 5.32 Å². The molecule has 0 amide bonds. The van der Waals surface area contributed by atoms with Crippen molar-refractivity contribution in [1.29, 1.82) is 0 Å². The van der Waals surface area contributed by atoms with Crippen LogP contribution in [0.3, 0.4) is 0 Å². The van der Waals surface area contributed by atoms with Crippen LogP contribution >= 0.6 is 24.0 Å². The van der Waals surface area contributed by atoms with Crippen LogP contribution in [0.1, 0.15) is 30.5 Å². The summed E-state index contributed by atoms with van der Waals surface area (Å²) in [6.45, 7) is 4.29. The molecule has 1 aromatic rings. The molecule has 1 heterocycles. The summed E-state index contributed by atoms with van der Waals surface area (Å²) in [6, 6.07) is 1.21. The van der Waals surface area contributed by atoms with Crippen molar-refractivity contribution in [3.05, 3.63) is 34.1 Å². The van der Waals surface area contributed by atoms with E-state index in [1.54, 1.807) is 6.92 Å². The van der Waals surface area contributed by atoms with Gasteiger partial charge < -0.3 is 5.32 Å². The second kappa shape index (κ2) is 7.81. The van der Waals surface area contributed by atoms with E-state index < -0.39 is 23.6 Å². The van der Waals surface area contributed by atoms with Gasteiger partial charge in [0.15, 0.2) is 0 Å². The summed E-state index contributed by atoms with van der Waals surface area (Å²) >= 11 is 5.70. The molecule has 0 radical (unpaired) electrons. The fraction of sp³-hybridized carbons (Fsp3) is 0.571. The van der Waals surface area contributed by atoms with E-state index in [0.29, 0.717) is 32.6 Å². The van der Waals surface area contributed by atoms with E-state index in [1.807, 2.05) is 4.90 Å². The van der Waals surface area contributed by atoms with Crippen LogP contribution in [-0.4, -0.2) is 31.1 Å². The molecule has 1 N–H and O–H groups in total. The van der Waals surface area contributed by atoms with Gasteiger partial charge >= 0.3 is 6.18 Å². The molecule has 1 aliphatic rings. The number of benzene rings is 1. The summed E-state index contributed by atoms with van der Waals surface area (Å²) in [4.78, 5) is 1.88. The summed E-state index contributed by atoms with van der Waals surface area (Å²) < 4.78 is 53.9. The molecule has 1 atom stereocenters. The maximum Gasteiger partial charge on any atom is 0.416 e. The number of halogens is 6. The second-order valence-electron chi connectivity index (χ2n) is 5.03. The number of alkyl halides is 3. The highest BCUT2D eigenvalue weighted by Gasteiger charge is 2.38. The maximum atomic E-state index is 14.3. The van der Waals surface area contributed by atoms with Crippen molar-refractivity contribution in [1.82, 2.24) is 10.2 Å².